The molecule has 5 heteroatoms. The molecule has 0 spiro atoms. The first kappa shape index (κ1) is 9.47. The summed E-state index contributed by atoms with van der Waals surface area (Å²) >= 11 is 1.19. The van der Waals surface area contributed by atoms with Crippen molar-refractivity contribution >= 4 is 33.7 Å². The van der Waals surface area contributed by atoms with Crippen LogP contribution in [0.5, 0.6) is 0 Å². The smallest absolute Gasteiger partial charge is 0.299 e. The molecule has 80 valence electrons. The number of furan rings is 1. The molecule has 1 aliphatic heterocycles. The van der Waals surface area contributed by atoms with Crippen LogP contribution in [0.1, 0.15) is 5.76 Å². The fourth-order valence-electron chi connectivity index (χ4n) is 1.56. The normalized spacial score (nSPS) is 16.0. The maximum Gasteiger partial charge on any atom is 0.299 e. The molecular formula is C11H8N2O2S. The quantitative estimate of drug-likeness (QED) is 0.822. The summed E-state index contributed by atoms with van der Waals surface area (Å²) in [6, 6.07) is 9.72. The van der Waals surface area contributed by atoms with Gasteiger partial charge in [-0.3, -0.25) is 4.79 Å². The Morgan fingerprint density at radius 1 is 1.38 bits per heavy atom. The van der Waals surface area contributed by atoms with E-state index in [1.165, 1.54) is 11.8 Å². The Labute approximate surface area is 95.7 Å². The van der Waals surface area contributed by atoms with Crippen molar-refractivity contribution in [2.24, 2.45) is 5.10 Å². The van der Waals surface area contributed by atoms with Crippen LogP contribution in [0.4, 0.5) is 4.79 Å². The minimum Gasteiger partial charge on any atom is -0.455 e. The first-order valence-corrected chi connectivity index (χ1v) is 5.80. The average Bonchev–Trinajstić information content (AvgIpc) is 2.73. The molecule has 0 radical (unpaired) electrons. The van der Waals surface area contributed by atoms with Gasteiger partial charge in [-0.05, 0) is 12.1 Å². The Morgan fingerprint density at radius 2 is 2.25 bits per heavy atom. The number of hydrazone groups is 1. The molecule has 0 aliphatic carbocycles. The minimum atomic E-state index is -0.125. The molecule has 0 fully saturated rings. The van der Waals surface area contributed by atoms with Gasteiger partial charge in [-0.2, -0.15) is 5.10 Å². The van der Waals surface area contributed by atoms with E-state index in [4.69, 9.17) is 4.42 Å². The lowest BCUT2D eigenvalue weighted by atomic mass is 10.2. The number of nitrogens with one attached hydrogen (secondary N) is 1. The summed E-state index contributed by atoms with van der Waals surface area (Å²) in [5.41, 5.74) is 4.03. The first-order valence-electron chi connectivity index (χ1n) is 4.81. The van der Waals surface area contributed by atoms with Crippen LogP contribution in [-0.4, -0.2) is 16.7 Å². The number of benzene rings is 1. The topological polar surface area (TPSA) is 54.6 Å². The van der Waals surface area contributed by atoms with Gasteiger partial charge in [0.2, 0.25) is 0 Å². The molecule has 1 N–H and O–H groups in total. The fourth-order valence-corrected chi connectivity index (χ4v) is 2.15. The Balaban J connectivity index is 2.03. The molecule has 16 heavy (non-hydrogen) atoms. The number of fused-ring (bicyclic) bond motifs is 1. The molecule has 0 bridgehead atoms. The van der Waals surface area contributed by atoms with Crippen molar-refractivity contribution in [3.63, 3.8) is 0 Å². The van der Waals surface area contributed by atoms with Crippen LogP contribution in [0.15, 0.2) is 39.9 Å². The van der Waals surface area contributed by atoms with E-state index in [1.807, 2.05) is 30.3 Å². The van der Waals surface area contributed by atoms with Crippen molar-refractivity contribution in [1.29, 1.82) is 0 Å². The number of rotatable bonds is 1. The number of nitrogens with zero attached hydrogens (tertiary/aromatic N) is 1. The number of para-hydroxylation sites is 1. The Kier molecular flexibility index (Phi) is 2.18. The van der Waals surface area contributed by atoms with E-state index in [0.29, 0.717) is 11.5 Å². The number of thioether (sulfide) groups is 1. The summed E-state index contributed by atoms with van der Waals surface area (Å²) in [5, 5.41) is 4.90. The first-order chi connectivity index (χ1) is 7.83. The molecule has 0 atom stereocenters. The van der Waals surface area contributed by atoms with E-state index in [2.05, 4.69) is 10.5 Å². The maximum atomic E-state index is 10.9. The molecule has 2 heterocycles. The van der Waals surface area contributed by atoms with Crippen LogP contribution in [0, 0.1) is 0 Å². The van der Waals surface area contributed by atoms with Crippen LogP contribution in [0.2, 0.25) is 0 Å². The van der Waals surface area contributed by atoms with Gasteiger partial charge in [0.15, 0.2) is 5.76 Å². The highest BCUT2D eigenvalue weighted by atomic mass is 32.2. The molecule has 0 saturated carbocycles. The van der Waals surface area contributed by atoms with Crippen molar-refractivity contribution < 1.29 is 9.21 Å². The molecular weight excluding hydrogens is 224 g/mol. The Morgan fingerprint density at radius 3 is 3.00 bits per heavy atom. The average molecular weight is 232 g/mol. The van der Waals surface area contributed by atoms with Crippen molar-refractivity contribution in [2.45, 2.75) is 0 Å². The predicted molar refractivity (Wildman–Crippen MR) is 63.7 cm³/mol. The number of carbonyl (C=O) groups is 1. The summed E-state index contributed by atoms with van der Waals surface area (Å²) in [5.74, 6) is 1.26. The van der Waals surface area contributed by atoms with Gasteiger partial charge in [0.05, 0.1) is 5.75 Å². The molecule has 3 rings (SSSR count). The number of amides is 1. The molecule has 1 aromatic carbocycles. The molecule has 4 nitrogen and oxygen atoms in total. The maximum absolute atomic E-state index is 10.9. The molecule has 0 unspecified atom stereocenters. The minimum absolute atomic E-state index is 0.125. The van der Waals surface area contributed by atoms with Crippen LogP contribution in [0.3, 0.4) is 0 Å². The Bertz CT molecular complexity index is 555. The van der Waals surface area contributed by atoms with E-state index in [0.717, 1.165) is 16.7 Å². The molecule has 1 amide bonds. The zero-order valence-electron chi connectivity index (χ0n) is 8.27. The largest absolute Gasteiger partial charge is 0.455 e. The van der Waals surface area contributed by atoms with Gasteiger partial charge in [0.1, 0.15) is 11.3 Å². The molecule has 1 aliphatic rings. The van der Waals surface area contributed by atoms with Gasteiger partial charge in [-0.1, -0.05) is 30.0 Å². The van der Waals surface area contributed by atoms with E-state index in [1.54, 1.807) is 0 Å². The summed E-state index contributed by atoms with van der Waals surface area (Å²) in [6.07, 6.45) is 0. The van der Waals surface area contributed by atoms with Crippen molar-refractivity contribution in [3.8, 4) is 0 Å². The molecule has 1 aromatic heterocycles. The van der Waals surface area contributed by atoms with Crippen LogP contribution < -0.4 is 5.43 Å². The van der Waals surface area contributed by atoms with Crippen LogP contribution >= 0.6 is 11.8 Å². The zero-order valence-corrected chi connectivity index (χ0v) is 9.08. The Hall–Kier alpha value is -1.75. The third kappa shape index (κ3) is 1.59. The summed E-state index contributed by atoms with van der Waals surface area (Å²) in [7, 11) is 0. The highest BCUT2D eigenvalue weighted by Gasteiger charge is 2.17. The van der Waals surface area contributed by atoms with Gasteiger partial charge in [-0.15, -0.1) is 0 Å². The van der Waals surface area contributed by atoms with Crippen molar-refractivity contribution in [2.75, 3.05) is 5.75 Å². The van der Waals surface area contributed by atoms with Crippen LogP contribution in [0.25, 0.3) is 11.0 Å². The summed E-state index contributed by atoms with van der Waals surface area (Å²) < 4.78 is 5.65. The van der Waals surface area contributed by atoms with Crippen LogP contribution in [-0.2, 0) is 0 Å². The van der Waals surface area contributed by atoms with E-state index in [-0.39, 0.29) is 5.24 Å². The second-order valence-corrected chi connectivity index (χ2v) is 4.34. The SMILES string of the molecule is O=C1NN=C(c2cc3ccccc3o2)CS1. The lowest BCUT2D eigenvalue weighted by Crippen LogP contribution is -2.23. The van der Waals surface area contributed by atoms with E-state index >= 15 is 0 Å². The third-order valence-electron chi connectivity index (χ3n) is 2.33. The van der Waals surface area contributed by atoms with E-state index < -0.39 is 0 Å². The lowest BCUT2D eigenvalue weighted by molar-refractivity contribution is 0.261. The zero-order chi connectivity index (χ0) is 11.0. The van der Waals surface area contributed by atoms with Gasteiger partial charge in [-0.25, -0.2) is 5.43 Å². The summed E-state index contributed by atoms with van der Waals surface area (Å²) in [6.45, 7) is 0. The second-order valence-electron chi connectivity index (χ2n) is 3.39. The van der Waals surface area contributed by atoms with E-state index in [9.17, 15) is 4.79 Å². The van der Waals surface area contributed by atoms with Gasteiger partial charge in [0, 0.05) is 5.39 Å². The highest BCUT2D eigenvalue weighted by molar-refractivity contribution is 8.14. The number of hydrogen-bond donors (Lipinski definition) is 1. The number of carbonyl (C=O) groups excluding carboxylic acids is 1. The van der Waals surface area contributed by atoms with Gasteiger partial charge >= 0.3 is 0 Å². The van der Waals surface area contributed by atoms with Crippen molar-refractivity contribution in [1.82, 2.24) is 5.43 Å². The third-order valence-corrected chi connectivity index (χ3v) is 3.10. The molecule has 0 saturated heterocycles. The standard InChI is InChI=1S/C11H8N2O2S/c14-11-13-12-8(6-16-11)10-5-7-3-1-2-4-9(7)15-10/h1-5H,6H2,(H,13,14). The number of hydrogen-bond acceptors (Lipinski definition) is 4. The lowest BCUT2D eigenvalue weighted by Gasteiger charge is -2.08. The van der Waals surface area contributed by atoms with Crippen molar-refractivity contribution in [3.05, 3.63) is 36.1 Å². The fraction of sp³-hybridized carbons (Fsp3) is 0.0909. The highest BCUT2D eigenvalue weighted by Crippen LogP contribution is 2.21. The van der Waals surface area contributed by atoms with Gasteiger partial charge in [0.25, 0.3) is 5.24 Å². The monoisotopic (exact) mass is 232 g/mol. The molecule has 2 aromatic rings. The van der Waals surface area contributed by atoms with Gasteiger partial charge < -0.3 is 4.42 Å². The summed E-state index contributed by atoms with van der Waals surface area (Å²) in [4.78, 5) is 10.9. The predicted octanol–water partition coefficient (Wildman–Crippen LogP) is 2.59. The second kappa shape index (κ2) is 3.68.